The average molecular weight is 550 g/mol. The Morgan fingerprint density at radius 1 is 0.897 bits per heavy atom. The number of anilines is 2. The quantitative estimate of drug-likeness (QED) is 0.243. The topological polar surface area (TPSA) is 98.8 Å². The third kappa shape index (κ3) is 5.18. The smallest absolute Gasteiger partial charge is 0.240 e. The Balaban J connectivity index is 1.35. The van der Waals surface area contributed by atoms with Crippen molar-refractivity contribution in [3.05, 3.63) is 77.2 Å². The van der Waals surface area contributed by atoms with Gasteiger partial charge < -0.3 is 24.8 Å². The fourth-order valence-electron chi connectivity index (χ4n) is 4.23. The van der Waals surface area contributed by atoms with E-state index in [4.69, 9.17) is 25.8 Å². The summed E-state index contributed by atoms with van der Waals surface area (Å²) in [5.74, 6) is 0.675. The molecule has 1 fully saturated rings. The zero-order valence-electron chi connectivity index (χ0n) is 21.4. The first kappa shape index (κ1) is 26.2. The minimum Gasteiger partial charge on any atom is -0.493 e. The number of benzene rings is 3. The van der Waals surface area contributed by atoms with Crippen molar-refractivity contribution in [2.24, 2.45) is 5.41 Å². The number of methoxy groups -OCH3 is 2. The van der Waals surface area contributed by atoms with Gasteiger partial charge >= 0.3 is 0 Å². The van der Waals surface area contributed by atoms with Crippen LogP contribution in [0.4, 0.5) is 15.8 Å². The van der Waals surface area contributed by atoms with Crippen LogP contribution in [-0.2, 0) is 9.59 Å². The van der Waals surface area contributed by atoms with E-state index < -0.39 is 23.0 Å². The number of ether oxygens (including phenoxy) is 3. The van der Waals surface area contributed by atoms with Crippen molar-refractivity contribution in [1.29, 1.82) is 0 Å². The van der Waals surface area contributed by atoms with Gasteiger partial charge in [-0.25, -0.2) is 4.39 Å². The molecule has 0 radical (unpaired) electrons. The van der Waals surface area contributed by atoms with Gasteiger partial charge in [-0.3, -0.25) is 14.6 Å². The maximum absolute atomic E-state index is 13.2. The molecule has 2 N–H and O–H groups in total. The molecular weight excluding hydrogens is 525 g/mol. The van der Waals surface area contributed by atoms with Gasteiger partial charge in [0.2, 0.25) is 11.8 Å². The molecule has 4 aromatic rings. The molecule has 0 spiro atoms. The largest absolute Gasteiger partial charge is 0.493 e. The van der Waals surface area contributed by atoms with Gasteiger partial charge in [-0.2, -0.15) is 0 Å². The van der Waals surface area contributed by atoms with Crippen molar-refractivity contribution >= 4 is 45.7 Å². The van der Waals surface area contributed by atoms with Crippen LogP contribution in [0.15, 0.2) is 60.8 Å². The van der Waals surface area contributed by atoms with Gasteiger partial charge in [0.1, 0.15) is 22.7 Å². The molecule has 39 heavy (non-hydrogen) atoms. The number of aromatic nitrogens is 1. The van der Waals surface area contributed by atoms with Crippen LogP contribution in [0.3, 0.4) is 0 Å². The highest BCUT2D eigenvalue weighted by Crippen LogP contribution is 2.48. The zero-order valence-corrected chi connectivity index (χ0v) is 22.2. The fraction of sp³-hybridized carbons (Fsp3) is 0.207. The van der Waals surface area contributed by atoms with Crippen LogP contribution < -0.4 is 24.8 Å². The number of fused-ring (bicyclic) bond motifs is 1. The predicted molar refractivity (Wildman–Crippen MR) is 146 cm³/mol. The molecule has 8 nitrogen and oxygen atoms in total. The first-order chi connectivity index (χ1) is 18.7. The van der Waals surface area contributed by atoms with Crippen molar-refractivity contribution in [2.75, 3.05) is 24.9 Å². The summed E-state index contributed by atoms with van der Waals surface area (Å²) in [7, 11) is 3.10. The second kappa shape index (κ2) is 10.4. The molecule has 200 valence electrons. The number of nitrogens with one attached hydrogen (secondary N) is 2. The van der Waals surface area contributed by atoms with Gasteiger partial charge in [-0.1, -0.05) is 11.6 Å². The molecule has 1 aliphatic carbocycles. The number of carbonyl (C=O) groups excluding carboxylic acids is 2. The highest BCUT2D eigenvalue weighted by atomic mass is 35.5. The van der Waals surface area contributed by atoms with E-state index in [9.17, 15) is 14.0 Å². The second-order valence-corrected chi connectivity index (χ2v) is 9.64. The molecule has 10 heteroatoms. The number of rotatable bonds is 8. The molecular formula is C29H25ClFN3O5. The molecule has 0 unspecified atom stereocenters. The SMILES string of the molecule is COc1cc2nccc(Oc3cc(C)c(NC(=O)C4(C(=O)Nc5ccc(F)cc5)CC4)cc3Cl)c2cc1OC. The molecule has 5 rings (SSSR count). The van der Waals surface area contributed by atoms with Crippen LogP contribution in [0.5, 0.6) is 23.0 Å². The standard InChI is InChI=1S/C29H25ClFN3O5/c1-16-12-24(39-23-8-11-32-22-15-26(38-3)25(37-2)13-19(22)23)20(30)14-21(16)34-28(36)29(9-10-29)27(35)33-18-6-4-17(31)5-7-18/h4-8,11-15H,9-10H2,1-3H3,(H,33,35)(H,34,36). The summed E-state index contributed by atoms with van der Waals surface area (Å²) in [6.07, 6.45) is 2.43. The first-order valence-corrected chi connectivity index (χ1v) is 12.5. The van der Waals surface area contributed by atoms with Gasteiger partial charge in [-0.05, 0) is 73.9 Å². The summed E-state index contributed by atoms with van der Waals surface area (Å²) < 4.78 is 30.1. The van der Waals surface area contributed by atoms with E-state index in [-0.39, 0.29) is 5.02 Å². The molecule has 3 aromatic carbocycles. The number of carbonyl (C=O) groups is 2. The van der Waals surface area contributed by atoms with E-state index in [1.165, 1.54) is 24.3 Å². The summed E-state index contributed by atoms with van der Waals surface area (Å²) >= 11 is 6.56. The van der Waals surface area contributed by atoms with Crippen molar-refractivity contribution < 1.29 is 28.2 Å². The van der Waals surface area contributed by atoms with Gasteiger partial charge in [0.25, 0.3) is 0 Å². The summed E-state index contributed by atoms with van der Waals surface area (Å²) in [6.45, 7) is 1.80. The van der Waals surface area contributed by atoms with E-state index in [1.807, 2.05) is 0 Å². The van der Waals surface area contributed by atoms with Crippen LogP contribution in [0, 0.1) is 18.2 Å². The van der Waals surface area contributed by atoms with E-state index >= 15 is 0 Å². The number of aryl methyl sites for hydroxylation is 1. The van der Waals surface area contributed by atoms with Crippen LogP contribution in [-0.4, -0.2) is 31.0 Å². The lowest BCUT2D eigenvalue weighted by Crippen LogP contribution is -2.35. The highest BCUT2D eigenvalue weighted by molar-refractivity contribution is 6.32. The van der Waals surface area contributed by atoms with Crippen LogP contribution in [0.2, 0.25) is 5.02 Å². The molecule has 1 aromatic heterocycles. The predicted octanol–water partition coefficient (Wildman–Crippen LogP) is 6.50. The average Bonchev–Trinajstić information content (AvgIpc) is 3.74. The van der Waals surface area contributed by atoms with E-state index in [0.29, 0.717) is 63.7 Å². The van der Waals surface area contributed by atoms with Gasteiger partial charge in [0.05, 0.1) is 24.8 Å². The Labute approximate surface area is 229 Å². The van der Waals surface area contributed by atoms with E-state index in [2.05, 4.69) is 15.6 Å². The minimum absolute atomic E-state index is 0.266. The number of hydrogen-bond donors (Lipinski definition) is 2. The molecule has 2 amide bonds. The number of nitrogens with zero attached hydrogens (tertiary/aromatic N) is 1. The van der Waals surface area contributed by atoms with Crippen LogP contribution in [0.25, 0.3) is 10.9 Å². The molecule has 0 saturated heterocycles. The lowest BCUT2D eigenvalue weighted by molar-refractivity contribution is -0.131. The highest BCUT2D eigenvalue weighted by Gasteiger charge is 2.56. The van der Waals surface area contributed by atoms with Gasteiger partial charge in [0, 0.05) is 29.0 Å². The lowest BCUT2D eigenvalue weighted by Gasteiger charge is -2.18. The number of pyridine rings is 1. The molecule has 1 saturated carbocycles. The van der Waals surface area contributed by atoms with Crippen molar-refractivity contribution in [2.45, 2.75) is 19.8 Å². The maximum atomic E-state index is 13.2. The Kier molecular flexibility index (Phi) is 7.01. The van der Waals surface area contributed by atoms with Crippen molar-refractivity contribution in [3.8, 4) is 23.0 Å². The summed E-state index contributed by atoms with van der Waals surface area (Å²) in [4.78, 5) is 30.4. The fourth-order valence-corrected chi connectivity index (χ4v) is 4.43. The third-order valence-corrected chi connectivity index (χ3v) is 6.97. The molecule has 1 heterocycles. The number of hydrogen-bond acceptors (Lipinski definition) is 6. The molecule has 1 aliphatic rings. The Morgan fingerprint density at radius 2 is 1.56 bits per heavy atom. The monoisotopic (exact) mass is 549 g/mol. The van der Waals surface area contributed by atoms with E-state index in [1.54, 1.807) is 57.7 Å². The summed E-state index contributed by atoms with van der Waals surface area (Å²) in [5.41, 5.74) is 1.02. The molecule has 0 bridgehead atoms. The van der Waals surface area contributed by atoms with Crippen LogP contribution >= 0.6 is 11.6 Å². The number of amides is 2. The van der Waals surface area contributed by atoms with E-state index in [0.717, 1.165) is 0 Å². The molecule has 0 atom stereocenters. The van der Waals surface area contributed by atoms with Crippen LogP contribution in [0.1, 0.15) is 18.4 Å². The Bertz CT molecular complexity index is 1590. The lowest BCUT2D eigenvalue weighted by atomic mass is 10.0. The van der Waals surface area contributed by atoms with Crippen molar-refractivity contribution in [1.82, 2.24) is 4.98 Å². The summed E-state index contributed by atoms with van der Waals surface area (Å²) in [6, 6.07) is 13.9. The zero-order chi connectivity index (χ0) is 27.7. The third-order valence-electron chi connectivity index (χ3n) is 6.68. The van der Waals surface area contributed by atoms with Gasteiger partial charge in [-0.15, -0.1) is 0 Å². The number of halogens is 2. The normalized spacial score (nSPS) is 13.5. The summed E-state index contributed by atoms with van der Waals surface area (Å²) in [5, 5.41) is 6.50. The maximum Gasteiger partial charge on any atom is 0.240 e. The van der Waals surface area contributed by atoms with Gasteiger partial charge in [0.15, 0.2) is 11.5 Å². The Hall–Kier alpha value is -4.37. The first-order valence-electron chi connectivity index (χ1n) is 12.1. The Morgan fingerprint density at radius 3 is 2.23 bits per heavy atom. The van der Waals surface area contributed by atoms with Crippen molar-refractivity contribution in [3.63, 3.8) is 0 Å². The molecule has 0 aliphatic heterocycles. The second-order valence-electron chi connectivity index (χ2n) is 9.23. The minimum atomic E-state index is -1.20.